The maximum atomic E-state index is 12.4. The monoisotopic (exact) mass is 379 g/mol. The van der Waals surface area contributed by atoms with Crippen LogP contribution in [0.5, 0.6) is 5.75 Å². The van der Waals surface area contributed by atoms with Crippen molar-refractivity contribution in [3.05, 3.63) is 62.7 Å². The van der Waals surface area contributed by atoms with Crippen LogP contribution in [-0.4, -0.2) is 23.1 Å². The second-order valence-corrected chi connectivity index (χ2v) is 5.80. The molecule has 2 rings (SSSR count). The Balaban J connectivity index is 2.16. The number of benzene rings is 2. The summed E-state index contributed by atoms with van der Waals surface area (Å²) in [5.41, 5.74) is 1.19. The quantitative estimate of drug-likeness (QED) is 0.478. The van der Waals surface area contributed by atoms with Crippen LogP contribution in [0.4, 0.5) is 11.4 Å². The van der Waals surface area contributed by atoms with Crippen molar-refractivity contribution in [2.24, 2.45) is 0 Å². The number of nitrogens with zero attached hydrogens (tertiary/aromatic N) is 1. The van der Waals surface area contributed by atoms with Crippen molar-refractivity contribution in [2.45, 2.75) is 6.92 Å². The lowest BCUT2D eigenvalue weighted by atomic mass is 10.1. The zero-order chi connectivity index (χ0) is 18.6. The number of anilines is 1. The summed E-state index contributed by atoms with van der Waals surface area (Å²) >= 11 is 11.1. The highest BCUT2D eigenvalue weighted by molar-refractivity contribution is 7.80. The lowest BCUT2D eigenvalue weighted by Crippen LogP contribution is -2.34. The Hall–Kier alpha value is -2.71. The van der Waals surface area contributed by atoms with E-state index in [2.05, 4.69) is 10.6 Å². The van der Waals surface area contributed by atoms with Gasteiger partial charge in [0, 0.05) is 12.1 Å². The molecular weight excluding hydrogens is 366 g/mol. The molecule has 0 saturated heterocycles. The van der Waals surface area contributed by atoms with E-state index in [4.69, 9.17) is 28.6 Å². The lowest BCUT2D eigenvalue weighted by Gasteiger charge is -2.13. The van der Waals surface area contributed by atoms with Crippen molar-refractivity contribution < 1.29 is 14.5 Å². The molecule has 0 fully saturated rings. The fraction of sp³-hybridized carbons (Fsp3) is 0.125. The van der Waals surface area contributed by atoms with Gasteiger partial charge in [0.05, 0.1) is 28.3 Å². The first-order chi connectivity index (χ1) is 11.8. The molecule has 130 valence electrons. The molecule has 1 amide bonds. The van der Waals surface area contributed by atoms with Gasteiger partial charge in [-0.1, -0.05) is 23.7 Å². The summed E-state index contributed by atoms with van der Waals surface area (Å²) in [6, 6.07) is 9.01. The van der Waals surface area contributed by atoms with Crippen LogP contribution in [0.3, 0.4) is 0 Å². The molecule has 2 N–H and O–H groups in total. The molecule has 0 aliphatic carbocycles. The van der Waals surface area contributed by atoms with Gasteiger partial charge >= 0.3 is 0 Å². The normalized spacial score (nSPS) is 10.0. The summed E-state index contributed by atoms with van der Waals surface area (Å²) in [5, 5.41) is 16.2. The number of carbonyl (C=O) groups is 1. The van der Waals surface area contributed by atoms with Crippen molar-refractivity contribution in [1.29, 1.82) is 0 Å². The number of aryl methyl sites for hydroxylation is 1. The molecule has 0 aliphatic rings. The number of methoxy groups -OCH3 is 1. The Kier molecular flexibility index (Phi) is 5.89. The third-order valence-electron chi connectivity index (χ3n) is 3.30. The molecule has 0 atom stereocenters. The number of hydrogen-bond donors (Lipinski definition) is 2. The van der Waals surface area contributed by atoms with E-state index in [1.807, 2.05) is 13.0 Å². The number of carbonyl (C=O) groups excluding carboxylic acids is 1. The standard InChI is InChI=1S/C16H14ClN3O4S/c1-9-4-3-5-11(14(9)24-2)15(21)19-16(25)18-13-8-10(20(22)23)6-7-12(13)17/h3-8H,1-2H3,(H2,18,19,21,25). The van der Waals surface area contributed by atoms with E-state index in [9.17, 15) is 14.9 Å². The summed E-state index contributed by atoms with van der Waals surface area (Å²) in [7, 11) is 1.47. The van der Waals surface area contributed by atoms with Gasteiger partial charge in [0.15, 0.2) is 5.11 Å². The van der Waals surface area contributed by atoms with Gasteiger partial charge in [0.2, 0.25) is 0 Å². The summed E-state index contributed by atoms with van der Waals surface area (Å²) in [5.74, 6) is -0.0317. The van der Waals surface area contributed by atoms with Crippen LogP contribution in [0.2, 0.25) is 5.02 Å². The number of nitro groups is 1. The summed E-state index contributed by atoms with van der Waals surface area (Å²) in [6.45, 7) is 1.81. The summed E-state index contributed by atoms with van der Waals surface area (Å²) in [4.78, 5) is 22.7. The number of rotatable bonds is 4. The third kappa shape index (κ3) is 4.43. The Morgan fingerprint density at radius 2 is 2.04 bits per heavy atom. The SMILES string of the molecule is COc1c(C)cccc1C(=O)NC(=S)Nc1cc([N+](=O)[O-])ccc1Cl. The van der Waals surface area contributed by atoms with Crippen LogP contribution in [0.15, 0.2) is 36.4 Å². The largest absolute Gasteiger partial charge is 0.496 e. The molecule has 25 heavy (non-hydrogen) atoms. The number of halogens is 1. The van der Waals surface area contributed by atoms with Gasteiger partial charge < -0.3 is 10.1 Å². The van der Waals surface area contributed by atoms with Gasteiger partial charge in [-0.3, -0.25) is 20.2 Å². The van der Waals surface area contributed by atoms with E-state index in [-0.39, 0.29) is 21.5 Å². The fourth-order valence-electron chi connectivity index (χ4n) is 2.15. The smallest absolute Gasteiger partial charge is 0.271 e. The number of amides is 1. The number of thiocarbonyl (C=S) groups is 1. The predicted octanol–water partition coefficient (Wildman–Crippen LogP) is 3.69. The molecule has 2 aromatic rings. The van der Waals surface area contributed by atoms with Crippen LogP contribution >= 0.6 is 23.8 Å². The van der Waals surface area contributed by atoms with Crippen molar-refractivity contribution in [3.8, 4) is 5.75 Å². The molecule has 0 spiro atoms. The second-order valence-electron chi connectivity index (χ2n) is 4.99. The number of ether oxygens (including phenoxy) is 1. The third-order valence-corrected chi connectivity index (χ3v) is 3.83. The zero-order valence-electron chi connectivity index (χ0n) is 13.3. The Morgan fingerprint density at radius 1 is 1.32 bits per heavy atom. The van der Waals surface area contributed by atoms with Gasteiger partial charge in [0.1, 0.15) is 5.75 Å². The predicted molar refractivity (Wildman–Crippen MR) is 99.5 cm³/mol. The lowest BCUT2D eigenvalue weighted by molar-refractivity contribution is -0.384. The van der Waals surface area contributed by atoms with Crippen molar-refractivity contribution in [3.63, 3.8) is 0 Å². The minimum Gasteiger partial charge on any atom is -0.496 e. The zero-order valence-corrected chi connectivity index (χ0v) is 14.9. The second kappa shape index (κ2) is 7.91. The fourth-order valence-corrected chi connectivity index (χ4v) is 2.52. The van der Waals surface area contributed by atoms with Crippen LogP contribution in [0.1, 0.15) is 15.9 Å². The van der Waals surface area contributed by atoms with E-state index < -0.39 is 10.8 Å². The molecule has 0 aliphatic heterocycles. The number of para-hydroxylation sites is 1. The molecule has 0 aromatic heterocycles. The van der Waals surface area contributed by atoms with Crippen molar-refractivity contribution >= 4 is 46.2 Å². The Labute approximate surface area is 154 Å². The minimum absolute atomic E-state index is 0.0454. The Bertz CT molecular complexity index is 857. The van der Waals surface area contributed by atoms with E-state index >= 15 is 0 Å². The maximum Gasteiger partial charge on any atom is 0.271 e. The highest BCUT2D eigenvalue weighted by atomic mass is 35.5. The molecule has 9 heteroatoms. The topological polar surface area (TPSA) is 93.5 Å². The summed E-state index contributed by atoms with van der Waals surface area (Å²) < 4.78 is 5.24. The van der Waals surface area contributed by atoms with E-state index in [0.717, 1.165) is 5.56 Å². The van der Waals surface area contributed by atoms with Crippen LogP contribution in [0, 0.1) is 17.0 Å². The highest BCUT2D eigenvalue weighted by Crippen LogP contribution is 2.27. The van der Waals surface area contributed by atoms with Crippen LogP contribution in [0.25, 0.3) is 0 Å². The molecule has 7 nitrogen and oxygen atoms in total. The van der Waals surface area contributed by atoms with Crippen molar-refractivity contribution in [1.82, 2.24) is 5.32 Å². The van der Waals surface area contributed by atoms with Crippen LogP contribution < -0.4 is 15.4 Å². The molecule has 0 heterocycles. The molecule has 0 unspecified atom stereocenters. The highest BCUT2D eigenvalue weighted by Gasteiger charge is 2.16. The van der Waals surface area contributed by atoms with Gasteiger partial charge in [-0.15, -0.1) is 0 Å². The first-order valence-electron chi connectivity index (χ1n) is 7.03. The molecule has 0 bridgehead atoms. The number of nitro benzene ring substituents is 1. The van der Waals surface area contributed by atoms with E-state index in [1.165, 1.54) is 25.3 Å². The van der Waals surface area contributed by atoms with Crippen molar-refractivity contribution in [2.75, 3.05) is 12.4 Å². The average Bonchev–Trinajstić information content (AvgIpc) is 2.56. The molecule has 0 radical (unpaired) electrons. The maximum absolute atomic E-state index is 12.4. The summed E-state index contributed by atoms with van der Waals surface area (Å²) in [6.07, 6.45) is 0. The van der Waals surface area contributed by atoms with E-state index in [0.29, 0.717) is 11.3 Å². The van der Waals surface area contributed by atoms with Crippen LogP contribution in [-0.2, 0) is 0 Å². The van der Waals surface area contributed by atoms with Gasteiger partial charge in [-0.25, -0.2) is 0 Å². The van der Waals surface area contributed by atoms with Gasteiger partial charge in [-0.2, -0.15) is 0 Å². The Morgan fingerprint density at radius 3 is 2.68 bits per heavy atom. The molecule has 0 saturated carbocycles. The van der Waals surface area contributed by atoms with Gasteiger partial charge in [0.25, 0.3) is 11.6 Å². The first kappa shape index (κ1) is 18.6. The number of non-ortho nitro benzene ring substituents is 1. The first-order valence-corrected chi connectivity index (χ1v) is 7.82. The minimum atomic E-state index is -0.555. The number of hydrogen-bond acceptors (Lipinski definition) is 5. The van der Waals surface area contributed by atoms with Gasteiger partial charge in [-0.05, 0) is 36.8 Å². The molecular formula is C16H14ClN3O4S. The van der Waals surface area contributed by atoms with E-state index in [1.54, 1.807) is 12.1 Å². The average molecular weight is 380 g/mol. The number of nitrogens with one attached hydrogen (secondary N) is 2. The molecule has 2 aromatic carbocycles.